The number of hydrogen-bond acceptors (Lipinski definition) is 8. The highest BCUT2D eigenvalue weighted by Gasteiger charge is 2.50. The van der Waals surface area contributed by atoms with Gasteiger partial charge in [-0.15, -0.1) is 0 Å². The average Bonchev–Trinajstić information content (AvgIpc) is 3.06. The molecule has 0 aliphatic carbocycles. The number of hydrogen-bond donors (Lipinski definition) is 0. The summed E-state index contributed by atoms with van der Waals surface area (Å²) >= 11 is 0. The molecule has 0 N–H and O–H groups in total. The molecule has 1 fully saturated rings. The summed E-state index contributed by atoms with van der Waals surface area (Å²) in [7, 11) is 0. The monoisotopic (exact) mass is 617 g/mol. The first-order chi connectivity index (χ1) is 22.1. The molecular weight excluding hydrogens is 574 g/mol. The number of nitrogens with zero attached hydrogens (tertiary/aromatic N) is 3. The average molecular weight is 618 g/mol. The van der Waals surface area contributed by atoms with E-state index in [1.807, 2.05) is 91.0 Å². The minimum absolute atomic E-state index is 0.214. The van der Waals surface area contributed by atoms with Gasteiger partial charge in [-0.1, -0.05) is 109 Å². The van der Waals surface area contributed by atoms with Crippen molar-refractivity contribution in [3.8, 4) is 0 Å². The molecular formula is C35H43N3O7. The Morgan fingerprint density at radius 1 is 0.733 bits per heavy atom. The van der Waals surface area contributed by atoms with Crippen LogP contribution in [-0.4, -0.2) is 56.4 Å². The van der Waals surface area contributed by atoms with Crippen LogP contribution in [0.4, 0.5) is 0 Å². The third-order valence-electron chi connectivity index (χ3n) is 7.36. The first-order valence-electron chi connectivity index (χ1n) is 15.5. The van der Waals surface area contributed by atoms with Gasteiger partial charge >= 0.3 is 5.97 Å². The minimum atomic E-state index is -0.889. The molecule has 3 aromatic rings. The quantitative estimate of drug-likeness (QED) is 0.0471. The van der Waals surface area contributed by atoms with Crippen molar-refractivity contribution in [1.82, 2.24) is 0 Å². The third kappa shape index (κ3) is 11.9. The van der Waals surface area contributed by atoms with Crippen molar-refractivity contribution < 1.29 is 33.2 Å². The highest BCUT2D eigenvalue weighted by atomic mass is 16.7. The largest absolute Gasteiger partial charge is 0.454 e. The smallest absolute Gasteiger partial charge is 0.303 e. The van der Waals surface area contributed by atoms with E-state index >= 15 is 0 Å². The number of esters is 1. The van der Waals surface area contributed by atoms with Crippen LogP contribution in [-0.2, 0) is 53.0 Å². The molecule has 1 saturated heterocycles. The Bertz CT molecular complexity index is 1290. The van der Waals surface area contributed by atoms with Crippen molar-refractivity contribution in [2.75, 3.05) is 19.8 Å². The van der Waals surface area contributed by atoms with Crippen molar-refractivity contribution in [2.45, 2.75) is 83.1 Å². The number of rotatable bonds is 19. The molecule has 0 amide bonds. The van der Waals surface area contributed by atoms with E-state index in [1.54, 1.807) is 0 Å². The second-order valence-electron chi connectivity index (χ2n) is 10.9. The first-order valence-corrected chi connectivity index (χ1v) is 15.5. The van der Waals surface area contributed by atoms with Gasteiger partial charge in [0.15, 0.2) is 12.4 Å². The Morgan fingerprint density at radius 2 is 1.29 bits per heavy atom. The van der Waals surface area contributed by atoms with Gasteiger partial charge in [-0.3, -0.25) is 4.79 Å². The van der Waals surface area contributed by atoms with E-state index in [-0.39, 0.29) is 13.2 Å². The van der Waals surface area contributed by atoms with Crippen LogP contribution in [0.5, 0.6) is 0 Å². The Hall–Kier alpha value is -3.76. The molecule has 240 valence electrons. The van der Waals surface area contributed by atoms with E-state index in [1.165, 1.54) is 6.92 Å². The lowest BCUT2D eigenvalue weighted by atomic mass is 9.97. The highest BCUT2D eigenvalue weighted by molar-refractivity contribution is 5.66. The Morgan fingerprint density at radius 3 is 1.87 bits per heavy atom. The van der Waals surface area contributed by atoms with Gasteiger partial charge in [0.25, 0.3) is 0 Å². The number of azide groups is 1. The zero-order valence-electron chi connectivity index (χ0n) is 25.8. The van der Waals surface area contributed by atoms with Gasteiger partial charge in [0.2, 0.25) is 0 Å². The predicted molar refractivity (Wildman–Crippen MR) is 169 cm³/mol. The summed E-state index contributed by atoms with van der Waals surface area (Å²) in [6.07, 6.45) is -0.277. The summed E-state index contributed by atoms with van der Waals surface area (Å²) in [6, 6.07) is 29.6. The highest BCUT2D eigenvalue weighted by Crippen LogP contribution is 2.31. The standard InChI is InChI=1S/C35H43N3O7/c1-27(39)44-34-33(43-25-30-19-11-6-12-20-30)32(42-24-29-17-9-5-10-18-29)31(26-40-23-28-15-7-4-8-16-28)45-35(34)41-22-14-3-2-13-21-37-38-36/h4-12,15-20,31-35H,2-3,13-14,21-26H2,1H3/t31-,32-,33+,34+,35+/m1/s1. The summed E-state index contributed by atoms with van der Waals surface area (Å²) in [5.41, 5.74) is 11.5. The molecule has 0 aromatic heterocycles. The maximum atomic E-state index is 12.4. The van der Waals surface area contributed by atoms with E-state index in [4.69, 9.17) is 34.0 Å². The van der Waals surface area contributed by atoms with Crippen LogP contribution in [0.15, 0.2) is 96.1 Å². The number of ether oxygens (including phenoxy) is 6. The lowest BCUT2D eigenvalue weighted by Gasteiger charge is -2.45. The van der Waals surface area contributed by atoms with Crippen molar-refractivity contribution in [3.05, 3.63) is 118 Å². The van der Waals surface area contributed by atoms with Crippen molar-refractivity contribution in [2.24, 2.45) is 5.11 Å². The predicted octanol–water partition coefficient (Wildman–Crippen LogP) is 6.92. The summed E-state index contributed by atoms with van der Waals surface area (Å²) in [5, 5.41) is 3.58. The fourth-order valence-electron chi connectivity index (χ4n) is 5.14. The zero-order valence-corrected chi connectivity index (χ0v) is 25.8. The number of unbranched alkanes of at least 4 members (excludes halogenated alkanes) is 3. The summed E-state index contributed by atoms with van der Waals surface area (Å²) in [5.74, 6) is -0.468. The lowest BCUT2D eigenvalue weighted by Crippen LogP contribution is -2.62. The van der Waals surface area contributed by atoms with Gasteiger partial charge in [-0.25, -0.2) is 0 Å². The Kier molecular flexibility index (Phi) is 14.9. The van der Waals surface area contributed by atoms with Gasteiger partial charge in [-0.05, 0) is 35.1 Å². The van der Waals surface area contributed by atoms with Crippen LogP contribution in [0.1, 0.15) is 49.3 Å². The maximum absolute atomic E-state index is 12.4. The van der Waals surface area contributed by atoms with Crippen molar-refractivity contribution >= 4 is 5.97 Å². The fraction of sp³-hybridized carbons (Fsp3) is 0.457. The molecule has 0 saturated carbocycles. The Labute approximate surface area is 265 Å². The molecule has 1 aliphatic rings. The lowest BCUT2D eigenvalue weighted by molar-refractivity contribution is -0.321. The van der Waals surface area contributed by atoms with Crippen LogP contribution in [0, 0.1) is 0 Å². The minimum Gasteiger partial charge on any atom is -0.454 e. The molecule has 10 heteroatoms. The Balaban J connectivity index is 1.53. The van der Waals surface area contributed by atoms with E-state index in [9.17, 15) is 4.79 Å². The van der Waals surface area contributed by atoms with Crippen LogP contribution >= 0.6 is 0 Å². The molecule has 3 aromatic carbocycles. The van der Waals surface area contributed by atoms with Crippen LogP contribution in [0.3, 0.4) is 0 Å². The molecule has 1 aliphatic heterocycles. The normalized spacial score (nSPS) is 21.1. The van der Waals surface area contributed by atoms with E-state index < -0.39 is 36.7 Å². The van der Waals surface area contributed by atoms with E-state index in [0.717, 1.165) is 42.4 Å². The number of benzene rings is 3. The van der Waals surface area contributed by atoms with Gasteiger partial charge < -0.3 is 28.4 Å². The number of carbonyl (C=O) groups is 1. The first kappa shape index (κ1) is 34.1. The molecule has 4 rings (SSSR count). The molecule has 45 heavy (non-hydrogen) atoms. The van der Waals surface area contributed by atoms with Crippen molar-refractivity contribution in [1.29, 1.82) is 0 Å². The van der Waals surface area contributed by atoms with Gasteiger partial charge in [0.05, 0.1) is 26.4 Å². The molecule has 0 radical (unpaired) electrons. The van der Waals surface area contributed by atoms with E-state index in [2.05, 4.69) is 10.0 Å². The summed E-state index contributed by atoms with van der Waals surface area (Å²) in [4.78, 5) is 15.2. The molecule has 5 atom stereocenters. The maximum Gasteiger partial charge on any atom is 0.303 e. The molecule has 0 bridgehead atoms. The molecule has 1 heterocycles. The van der Waals surface area contributed by atoms with E-state index in [0.29, 0.717) is 26.4 Å². The SMILES string of the molecule is CC(=O)O[C@@H]1[C@@H](OCCCCCCN=[N+]=[N-])O[C@H](COCc2ccccc2)[C@@H](OCc2ccccc2)[C@@H]1OCc1ccccc1. The second-order valence-corrected chi connectivity index (χ2v) is 10.9. The molecule has 0 spiro atoms. The number of carbonyl (C=O) groups excluding carboxylic acids is 1. The van der Waals surface area contributed by atoms with Crippen molar-refractivity contribution in [3.63, 3.8) is 0 Å². The topological polar surface area (TPSA) is 121 Å². The third-order valence-corrected chi connectivity index (χ3v) is 7.36. The summed E-state index contributed by atoms with van der Waals surface area (Å²) in [6.45, 7) is 3.44. The van der Waals surface area contributed by atoms with Gasteiger partial charge in [0.1, 0.15) is 18.3 Å². The molecule has 10 nitrogen and oxygen atoms in total. The zero-order chi connectivity index (χ0) is 31.5. The second kappa shape index (κ2) is 19.6. The van der Waals surface area contributed by atoms with Crippen LogP contribution < -0.4 is 0 Å². The van der Waals surface area contributed by atoms with Crippen LogP contribution in [0.25, 0.3) is 10.4 Å². The summed E-state index contributed by atoms with van der Waals surface area (Å²) < 4.78 is 37.8. The van der Waals surface area contributed by atoms with Gasteiger partial charge in [0, 0.05) is 25.0 Å². The van der Waals surface area contributed by atoms with Gasteiger partial charge in [-0.2, -0.15) is 0 Å². The fourth-order valence-corrected chi connectivity index (χ4v) is 5.14. The van der Waals surface area contributed by atoms with Crippen LogP contribution in [0.2, 0.25) is 0 Å². The molecule has 0 unspecified atom stereocenters.